The number of primary amides is 1. The molecule has 0 fully saturated rings. The van der Waals surface area contributed by atoms with Crippen LogP contribution in [0.25, 0.3) is 0 Å². The normalized spacial score (nSPS) is 10.3. The Morgan fingerprint density at radius 2 is 2.25 bits per heavy atom. The first-order chi connectivity index (χ1) is 9.60. The lowest BCUT2D eigenvalue weighted by Crippen LogP contribution is -2.09. The molecule has 0 unspecified atom stereocenters. The minimum atomic E-state index is -0.440. The summed E-state index contributed by atoms with van der Waals surface area (Å²) in [6.45, 7) is 2.82. The molecule has 0 aliphatic carbocycles. The molecular weight excluding hydrogens is 279 g/mol. The van der Waals surface area contributed by atoms with Gasteiger partial charge >= 0.3 is 0 Å². The number of carbonyl (C=O) groups is 1. The van der Waals surface area contributed by atoms with Gasteiger partial charge in [-0.2, -0.15) is 0 Å². The summed E-state index contributed by atoms with van der Waals surface area (Å²) in [5, 5.41) is 4.88. The molecule has 2 rings (SSSR count). The van der Waals surface area contributed by atoms with Crippen LogP contribution in [0, 0.1) is 5.82 Å². The fourth-order valence-electron chi connectivity index (χ4n) is 1.70. The van der Waals surface area contributed by atoms with Gasteiger partial charge in [0.25, 0.3) is 0 Å². The quantitative estimate of drug-likeness (QED) is 0.861. The molecule has 0 atom stereocenters. The largest absolute Gasteiger partial charge is 0.492 e. The van der Waals surface area contributed by atoms with Gasteiger partial charge in [0.15, 0.2) is 0 Å². The molecule has 0 spiro atoms. The third-order valence-corrected chi connectivity index (χ3v) is 3.57. The van der Waals surface area contributed by atoms with E-state index >= 15 is 0 Å². The average Bonchev–Trinajstić information content (AvgIpc) is 2.87. The van der Waals surface area contributed by atoms with Gasteiger partial charge in [-0.05, 0) is 25.1 Å². The zero-order valence-corrected chi connectivity index (χ0v) is 11.8. The second-order valence-corrected chi connectivity index (χ2v) is 5.09. The molecule has 0 aliphatic heterocycles. The van der Waals surface area contributed by atoms with E-state index in [0.717, 1.165) is 4.88 Å². The number of hydrogen-bond acceptors (Lipinski definition) is 4. The van der Waals surface area contributed by atoms with E-state index < -0.39 is 5.91 Å². The van der Waals surface area contributed by atoms with Crippen molar-refractivity contribution in [1.29, 1.82) is 0 Å². The van der Waals surface area contributed by atoms with Crippen LogP contribution >= 0.6 is 11.3 Å². The molecule has 0 aliphatic rings. The van der Waals surface area contributed by atoms with Crippen molar-refractivity contribution in [1.82, 2.24) is 0 Å². The summed E-state index contributed by atoms with van der Waals surface area (Å²) in [5.41, 5.74) is 6.41. The van der Waals surface area contributed by atoms with Crippen LogP contribution in [0.5, 0.6) is 5.75 Å². The van der Waals surface area contributed by atoms with Crippen LogP contribution in [0.2, 0.25) is 0 Å². The maximum Gasteiger partial charge on any atom is 0.249 e. The second-order valence-electron chi connectivity index (χ2n) is 4.09. The Morgan fingerprint density at radius 1 is 1.45 bits per heavy atom. The summed E-state index contributed by atoms with van der Waals surface area (Å²) < 4.78 is 18.5. The van der Waals surface area contributed by atoms with Crippen molar-refractivity contribution in [3.8, 4) is 5.75 Å². The van der Waals surface area contributed by atoms with Crippen molar-refractivity contribution in [2.75, 3.05) is 11.9 Å². The average molecular weight is 294 g/mol. The van der Waals surface area contributed by atoms with Crippen LogP contribution in [0.15, 0.2) is 29.6 Å². The maximum atomic E-state index is 13.2. The molecule has 1 heterocycles. The number of rotatable bonds is 6. The molecule has 2 aromatic rings. The molecule has 0 radical (unpaired) electrons. The zero-order chi connectivity index (χ0) is 14.5. The summed E-state index contributed by atoms with van der Waals surface area (Å²) >= 11 is 1.44. The Hall–Kier alpha value is -2.08. The third kappa shape index (κ3) is 3.48. The van der Waals surface area contributed by atoms with E-state index in [1.54, 1.807) is 17.5 Å². The van der Waals surface area contributed by atoms with Gasteiger partial charge in [0, 0.05) is 22.9 Å². The smallest absolute Gasteiger partial charge is 0.249 e. The van der Waals surface area contributed by atoms with Gasteiger partial charge in [-0.15, -0.1) is 11.3 Å². The van der Waals surface area contributed by atoms with E-state index in [1.165, 1.54) is 23.5 Å². The van der Waals surface area contributed by atoms with Gasteiger partial charge in [-0.1, -0.05) is 0 Å². The summed E-state index contributed by atoms with van der Waals surface area (Å²) in [5.74, 6) is -0.311. The fraction of sp³-hybridized carbons (Fsp3) is 0.214. The third-order valence-electron chi connectivity index (χ3n) is 2.63. The number of anilines is 1. The minimum Gasteiger partial charge on any atom is -0.492 e. The van der Waals surface area contributed by atoms with Crippen molar-refractivity contribution in [2.24, 2.45) is 5.73 Å². The van der Waals surface area contributed by atoms with Crippen LogP contribution in [0.3, 0.4) is 0 Å². The molecule has 4 nitrogen and oxygen atoms in total. The van der Waals surface area contributed by atoms with E-state index in [0.29, 0.717) is 30.2 Å². The van der Waals surface area contributed by atoms with Gasteiger partial charge in [-0.3, -0.25) is 4.79 Å². The van der Waals surface area contributed by atoms with Gasteiger partial charge in [0.2, 0.25) is 5.91 Å². The maximum absolute atomic E-state index is 13.2. The van der Waals surface area contributed by atoms with Crippen LogP contribution in [-0.4, -0.2) is 12.5 Å². The molecule has 0 bridgehead atoms. The molecule has 6 heteroatoms. The monoisotopic (exact) mass is 294 g/mol. The predicted octanol–water partition coefficient (Wildman–Crippen LogP) is 3.00. The van der Waals surface area contributed by atoms with Crippen LogP contribution < -0.4 is 15.8 Å². The number of halogens is 1. The molecule has 106 valence electrons. The van der Waals surface area contributed by atoms with Crippen molar-refractivity contribution in [3.63, 3.8) is 0 Å². The summed E-state index contributed by atoms with van der Waals surface area (Å²) in [7, 11) is 0. The Balaban J connectivity index is 2.07. The predicted molar refractivity (Wildman–Crippen MR) is 77.7 cm³/mol. The highest BCUT2D eigenvalue weighted by Gasteiger charge is 2.07. The Kier molecular flexibility index (Phi) is 4.57. The van der Waals surface area contributed by atoms with E-state index in [9.17, 15) is 9.18 Å². The van der Waals surface area contributed by atoms with E-state index in [1.807, 2.05) is 6.92 Å². The van der Waals surface area contributed by atoms with E-state index in [4.69, 9.17) is 10.5 Å². The number of benzene rings is 1. The number of nitrogens with one attached hydrogen (secondary N) is 1. The number of thiophene rings is 1. The SMILES string of the molecule is CCOc1cc(F)ccc1NCc1cc(C(N)=O)cs1. The Morgan fingerprint density at radius 3 is 2.90 bits per heavy atom. The fourth-order valence-corrected chi connectivity index (χ4v) is 2.52. The summed E-state index contributed by atoms with van der Waals surface area (Å²) in [6, 6.07) is 6.08. The molecule has 1 aromatic heterocycles. The Bertz CT molecular complexity index is 613. The molecule has 0 saturated heterocycles. The topological polar surface area (TPSA) is 64.3 Å². The van der Waals surface area contributed by atoms with Gasteiger partial charge in [0.1, 0.15) is 11.6 Å². The molecule has 3 N–H and O–H groups in total. The van der Waals surface area contributed by atoms with Crippen LogP contribution in [0.1, 0.15) is 22.2 Å². The first-order valence-electron chi connectivity index (χ1n) is 6.13. The number of nitrogens with two attached hydrogens (primary N) is 1. The zero-order valence-electron chi connectivity index (χ0n) is 11.0. The number of carbonyl (C=O) groups excluding carboxylic acids is 1. The van der Waals surface area contributed by atoms with Crippen LogP contribution in [0.4, 0.5) is 10.1 Å². The highest BCUT2D eigenvalue weighted by atomic mass is 32.1. The van der Waals surface area contributed by atoms with Gasteiger partial charge in [-0.25, -0.2) is 4.39 Å². The Labute approximate surface area is 120 Å². The highest BCUT2D eigenvalue weighted by molar-refractivity contribution is 7.10. The molecular formula is C14H15FN2O2S. The lowest BCUT2D eigenvalue weighted by molar-refractivity contribution is 0.100. The molecule has 1 aromatic carbocycles. The van der Waals surface area contributed by atoms with E-state index in [2.05, 4.69) is 5.32 Å². The first-order valence-corrected chi connectivity index (χ1v) is 7.01. The van der Waals surface area contributed by atoms with E-state index in [-0.39, 0.29) is 5.82 Å². The molecule has 20 heavy (non-hydrogen) atoms. The number of hydrogen-bond donors (Lipinski definition) is 2. The lowest BCUT2D eigenvalue weighted by atomic mass is 10.2. The van der Waals surface area contributed by atoms with Crippen LogP contribution in [-0.2, 0) is 6.54 Å². The molecule has 1 amide bonds. The number of amides is 1. The summed E-state index contributed by atoms with van der Waals surface area (Å²) in [6.07, 6.45) is 0. The van der Waals surface area contributed by atoms with Crippen molar-refractivity contribution in [3.05, 3.63) is 45.9 Å². The van der Waals surface area contributed by atoms with Gasteiger partial charge in [0.05, 0.1) is 17.9 Å². The molecule has 0 saturated carbocycles. The van der Waals surface area contributed by atoms with Crippen molar-refractivity contribution < 1.29 is 13.9 Å². The minimum absolute atomic E-state index is 0.342. The summed E-state index contributed by atoms with van der Waals surface area (Å²) in [4.78, 5) is 12.0. The second kappa shape index (κ2) is 6.38. The lowest BCUT2D eigenvalue weighted by Gasteiger charge is -2.11. The first kappa shape index (κ1) is 14.3. The van der Waals surface area contributed by atoms with Crippen molar-refractivity contribution in [2.45, 2.75) is 13.5 Å². The van der Waals surface area contributed by atoms with Gasteiger partial charge < -0.3 is 15.8 Å². The highest BCUT2D eigenvalue weighted by Crippen LogP contribution is 2.26. The standard InChI is InChI=1S/C14H15FN2O2S/c1-2-19-13-6-10(15)3-4-12(13)17-7-11-5-9(8-20-11)14(16)18/h3-6,8,17H,2,7H2,1H3,(H2,16,18). The number of ether oxygens (including phenoxy) is 1. The van der Waals surface area contributed by atoms with Crippen molar-refractivity contribution >= 4 is 22.9 Å².